The van der Waals surface area contributed by atoms with Crippen molar-refractivity contribution in [1.82, 2.24) is 0 Å². The molecule has 12 heavy (non-hydrogen) atoms. The molecule has 1 atom stereocenters. The molecule has 6 heteroatoms. The molecule has 0 aliphatic heterocycles. The van der Waals surface area contributed by atoms with Gasteiger partial charge in [0.15, 0.2) is 0 Å². The highest BCUT2D eigenvalue weighted by Gasteiger charge is 2.04. The summed E-state index contributed by atoms with van der Waals surface area (Å²) in [6.45, 7) is 3.61. The minimum Gasteiger partial charge on any atom is -0.120 e. The summed E-state index contributed by atoms with van der Waals surface area (Å²) >= 11 is 20.8. The summed E-state index contributed by atoms with van der Waals surface area (Å²) in [7, 11) is 8.22. The normalized spacial score (nSPS) is 11.4. The molecule has 0 aromatic rings. The maximum atomic E-state index is 5.35. The van der Waals surface area contributed by atoms with Crippen molar-refractivity contribution in [2.75, 3.05) is 0 Å². The van der Waals surface area contributed by atoms with Gasteiger partial charge in [0.1, 0.15) is 4.84 Å². The van der Waals surface area contributed by atoms with Crippen LogP contribution in [0.3, 0.4) is 0 Å². The molecule has 0 heterocycles. The molecular formula is C6H10Cl6. The minimum absolute atomic E-state index is 0.145. The highest BCUT2D eigenvalue weighted by molar-refractivity contribution is 6.85. The van der Waals surface area contributed by atoms with Gasteiger partial charge in [0.2, 0.25) is 0 Å². The highest BCUT2D eigenvalue weighted by atomic mass is 36.5. The van der Waals surface area contributed by atoms with E-state index in [-0.39, 0.29) is 5.38 Å². The fourth-order valence-electron chi connectivity index (χ4n) is 0. The van der Waals surface area contributed by atoms with Crippen LogP contribution in [-0.2, 0) is 0 Å². The number of allylic oxidation sites excluding steroid dienone is 1. The zero-order chi connectivity index (χ0) is 10.6. The maximum Gasteiger partial charge on any atom is 0.123 e. The van der Waals surface area contributed by atoms with Crippen LogP contribution in [0.25, 0.3) is 0 Å². The van der Waals surface area contributed by atoms with Gasteiger partial charge in [-0.15, -0.1) is 34.8 Å². The average molecular weight is 295 g/mol. The molecule has 0 rings (SSSR count). The van der Waals surface area contributed by atoms with Gasteiger partial charge in [0.25, 0.3) is 0 Å². The average Bonchev–Trinajstić information content (AvgIpc) is 2.08. The van der Waals surface area contributed by atoms with E-state index in [9.17, 15) is 0 Å². The Hall–Kier alpha value is 1.48. The van der Waals surface area contributed by atoms with Crippen LogP contribution in [0.5, 0.6) is 0 Å². The third-order valence-corrected chi connectivity index (χ3v) is 1.99. The lowest BCUT2D eigenvalue weighted by atomic mass is 10.6. The van der Waals surface area contributed by atoms with Crippen LogP contribution >= 0.6 is 68.1 Å². The van der Waals surface area contributed by atoms with Crippen molar-refractivity contribution in [3.63, 3.8) is 0 Å². The second-order valence-corrected chi connectivity index (χ2v) is 3.58. The Morgan fingerprint density at radius 2 is 1.25 bits per heavy atom. The molecule has 0 bridgehead atoms. The summed E-state index contributed by atoms with van der Waals surface area (Å²) in [5.74, 6) is 0. The molecule has 76 valence electrons. The minimum atomic E-state index is -0.438. The molecule has 1 unspecified atom stereocenters. The largest absolute Gasteiger partial charge is 0.123 e. The Labute approximate surface area is 103 Å². The van der Waals surface area contributed by atoms with Crippen LogP contribution in [-0.4, -0.2) is 10.2 Å². The zero-order valence-corrected chi connectivity index (χ0v) is 11.1. The molecule has 0 nitrogen and oxygen atoms in total. The van der Waals surface area contributed by atoms with E-state index in [1.54, 1.807) is 13.0 Å². The fraction of sp³-hybridized carbons (Fsp3) is 0.667. The zero-order valence-electron chi connectivity index (χ0n) is 6.58. The maximum absolute atomic E-state index is 5.35. The van der Waals surface area contributed by atoms with Crippen molar-refractivity contribution in [1.29, 1.82) is 0 Å². The van der Waals surface area contributed by atoms with Crippen LogP contribution < -0.4 is 0 Å². The molecule has 0 saturated carbocycles. The Morgan fingerprint density at radius 1 is 1.08 bits per heavy atom. The first-order valence-electron chi connectivity index (χ1n) is 2.84. The van der Waals surface area contributed by atoms with Crippen LogP contribution in [0.2, 0.25) is 0 Å². The number of hydrogen-bond donors (Lipinski definition) is 0. The van der Waals surface area contributed by atoms with E-state index in [1.807, 2.05) is 6.92 Å². The van der Waals surface area contributed by atoms with E-state index in [0.717, 1.165) is 0 Å². The van der Waals surface area contributed by atoms with Gasteiger partial charge in [0.05, 0.1) is 5.38 Å². The van der Waals surface area contributed by atoms with Crippen LogP contribution in [0, 0.1) is 0 Å². The number of hydrogen-bond acceptors (Lipinski definition) is 0. The Bertz CT molecular complexity index is 70.1. The molecular weight excluding hydrogens is 285 g/mol. The second kappa shape index (κ2) is 18.3. The van der Waals surface area contributed by atoms with Gasteiger partial charge in [0, 0.05) is 21.7 Å². The fourth-order valence-corrected chi connectivity index (χ4v) is 0. The van der Waals surface area contributed by atoms with Crippen LogP contribution in [0.15, 0.2) is 11.6 Å². The van der Waals surface area contributed by atoms with Crippen LogP contribution in [0.1, 0.15) is 13.8 Å². The third-order valence-electron chi connectivity index (χ3n) is 0.473. The van der Waals surface area contributed by atoms with Gasteiger partial charge in [-0.25, -0.2) is 0 Å². The molecule has 0 aliphatic carbocycles. The topological polar surface area (TPSA) is 0 Å². The SMILES string of the molecule is C/C=C\Cl.CC(Cl)C(Cl)Cl.ClCl. The van der Waals surface area contributed by atoms with E-state index >= 15 is 0 Å². The van der Waals surface area contributed by atoms with E-state index in [1.165, 1.54) is 5.54 Å². The van der Waals surface area contributed by atoms with E-state index < -0.39 is 4.84 Å². The van der Waals surface area contributed by atoms with Gasteiger partial charge >= 0.3 is 0 Å². The molecule has 0 saturated heterocycles. The summed E-state index contributed by atoms with van der Waals surface area (Å²) in [5, 5.41) is -0.145. The summed E-state index contributed by atoms with van der Waals surface area (Å²) in [6, 6.07) is 0. The molecule has 0 fully saturated rings. The van der Waals surface area contributed by atoms with Crippen molar-refractivity contribution in [3.05, 3.63) is 11.6 Å². The first-order chi connectivity index (χ1) is 5.56. The Kier molecular flexibility index (Phi) is 29.2. The molecule has 0 aliphatic rings. The Morgan fingerprint density at radius 3 is 1.25 bits per heavy atom. The first-order valence-corrected chi connectivity index (χ1v) is 5.73. The lowest BCUT2D eigenvalue weighted by Crippen LogP contribution is -2.00. The molecule has 0 aromatic carbocycles. The van der Waals surface area contributed by atoms with Gasteiger partial charge in [-0.1, -0.05) is 17.7 Å². The molecule has 0 spiro atoms. The van der Waals surface area contributed by atoms with Crippen molar-refractivity contribution < 1.29 is 0 Å². The van der Waals surface area contributed by atoms with E-state index in [0.29, 0.717) is 0 Å². The quantitative estimate of drug-likeness (QED) is 0.556. The molecule has 0 radical (unpaired) electrons. The summed E-state index contributed by atoms with van der Waals surface area (Å²) < 4.78 is 0. The van der Waals surface area contributed by atoms with Gasteiger partial charge in [-0.3, -0.25) is 0 Å². The summed E-state index contributed by atoms with van der Waals surface area (Å²) in [5.41, 5.74) is 1.47. The second-order valence-electron chi connectivity index (χ2n) is 1.47. The summed E-state index contributed by atoms with van der Waals surface area (Å²) in [6.07, 6.45) is 1.77. The smallest absolute Gasteiger partial charge is 0.120 e. The van der Waals surface area contributed by atoms with Crippen molar-refractivity contribution >= 4 is 68.1 Å². The lowest BCUT2D eigenvalue weighted by Gasteiger charge is -1.97. The van der Waals surface area contributed by atoms with Gasteiger partial charge in [-0.2, -0.15) is 0 Å². The number of rotatable bonds is 1. The highest BCUT2D eigenvalue weighted by Crippen LogP contribution is 2.11. The molecule has 0 N–H and O–H groups in total. The van der Waals surface area contributed by atoms with Crippen molar-refractivity contribution in [2.45, 2.75) is 24.1 Å². The van der Waals surface area contributed by atoms with E-state index in [4.69, 9.17) is 46.4 Å². The van der Waals surface area contributed by atoms with E-state index in [2.05, 4.69) is 21.7 Å². The number of halogens is 6. The molecule has 0 amide bonds. The Balaban J connectivity index is -0.000000118. The monoisotopic (exact) mass is 292 g/mol. The predicted octanol–water partition coefficient (Wildman–Crippen LogP) is 5.56. The first kappa shape index (κ1) is 19.1. The summed E-state index contributed by atoms with van der Waals surface area (Å²) in [4.78, 5) is -0.438. The van der Waals surface area contributed by atoms with Crippen LogP contribution in [0.4, 0.5) is 0 Å². The van der Waals surface area contributed by atoms with Gasteiger partial charge < -0.3 is 0 Å². The standard InChI is InChI=1S/C3H5Cl3.C3H5Cl.Cl2/c1-2(4)3(5)6;1-2-3-4;1-2/h2-3H,1H3;2-3H,1H3;/b;3-2-;. The van der Waals surface area contributed by atoms with Crippen molar-refractivity contribution in [2.24, 2.45) is 0 Å². The van der Waals surface area contributed by atoms with Gasteiger partial charge in [-0.05, 0) is 19.4 Å². The predicted molar refractivity (Wildman–Crippen MR) is 63.2 cm³/mol. The molecule has 0 aromatic heterocycles. The number of alkyl halides is 3. The lowest BCUT2D eigenvalue weighted by molar-refractivity contribution is 1.05. The van der Waals surface area contributed by atoms with Crippen molar-refractivity contribution in [3.8, 4) is 0 Å². The third kappa shape index (κ3) is 30.0.